The van der Waals surface area contributed by atoms with E-state index in [0.717, 1.165) is 29.7 Å². The average molecular weight is 346 g/mol. The first-order chi connectivity index (χ1) is 12.6. The van der Waals surface area contributed by atoms with Gasteiger partial charge in [-0.2, -0.15) is 5.10 Å². The van der Waals surface area contributed by atoms with Crippen LogP contribution in [0.4, 0.5) is 0 Å². The number of fused-ring (bicyclic) bond motifs is 1. The molecule has 0 radical (unpaired) electrons. The second-order valence-corrected chi connectivity index (χ2v) is 6.81. The van der Waals surface area contributed by atoms with Gasteiger partial charge in [-0.15, -0.1) is 0 Å². The van der Waals surface area contributed by atoms with Crippen molar-refractivity contribution in [3.05, 3.63) is 71.2 Å². The number of rotatable bonds is 2. The van der Waals surface area contributed by atoms with E-state index < -0.39 is 0 Å². The minimum Gasteiger partial charge on any atom is -0.338 e. The first kappa shape index (κ1) is 16.5. The van der Waals surface area contributed by atoms with Crippen molar-refractivity contribution in [2.24, 2.45) is 7.05 Å². The molecule has 0 unspecified atom stereocenters. The number of hydrogen-bond acceptors (Lipinski definition) is 3. The van der Waals surface area contributed by atoms with E-state index in [0.29, 0.717) is 18.7 Å². The summed E-state index contributed by atoms with van der Waals surface area (Å²) in [6, 6.07) is 12.2. The molecular weight excluding hydrogens is 324 g/mol. The zero-order chi connectivity index (χ0) is 18.1. The van der Waals surface area contributed by atoms with Gasteiger partial charge in [0.2, 0.25) is 0 Å². The van der Waals surface area contributed by atoms with Crippen LogP contribution in [0.3, 0.4) is 0 Å². The first-order valence-corrected chi connectivity index (χ1v) is 8.94. The van der Waals surface area contributed by atoms with E-state index in [1.807, 2.05) is 47.8 Å². The number of carbonyl (C=O) groups excluding carboxylic acids is 1. The number of nitrogens with zero attached hydrogens (tertiary/aromatic N) is 4. The molecule has 3 heterocycles. The smallest absolute Gasteiger partial charge is 0.255 e. The Bertz CT molecular complexity index is 946. The van der Waals surface area contributed by atoms with Crippen molar-refractivity contribution < 1.29 is 4.79 Å². The number of aromatic nitrogens is 3. The highest BCUT2D eigenvalue weighted by Crippen LogP contribution is 2.28. The van der Waals surface area contributed by atoms with E-state index in [4.69, 9.17) is 5.10 Å². The lowest BCUT2D eigenvalue weighted by atomic mass is 10.0. The van der Waals surface area contributed by atoms with Gasteiger partial charge in [0.05, 0.1) is 11.3 Å². The highest BCUT2D eigenvalue weighted by molar-refractivity contribution is 5.94. The van der Waals surface area contributed by atoms with Gasteiger partial charge in [-0.25, -0.2) is 0 Å². The van der Waals surface area contributed by atoms with Gasteiger partial charge in [-0.3, -0.25) is 14.5 Å². The number of carbonyl (C=O) groups is 1. The highest BCUT2D eigenvalue weighted by Gasteiger charge is 2.25. The van der Waals surface area contributed by atoms with Crippen LogP contribution in [0, 0.1) is 6.92 Å². The maximum absolute atomic E-state index is 12.9. The molecule has 3 aromatic rings. The maximum atomic E-state index is 12.9. The predicted molar refractivity (Wildman–Crippen MR) is 101 cm³/mol. The third-order valence-electron chi connectivity index (χ3n) is 4.98. The van der Waals surface area contributed by atoms with Crippen LogP contribution in [0.15, 0.2) is 48.8 Å². The van der Waals surface area contributed by atoms with E-state index in [1.54, 1.807) is 12.4 Å². The van der Waals surface area contributed by atoms with Crippen LogP contribution < -0.4 is 0 Å². The van der Waals surface area contributed by atoms with Crippen LogP contribution in [0.2, 0.25) is 0 Å². The molecule has 4 rings (SSSR count). The Hall–Kier alpha value is -2.95. The van der Waals surface area contributed by atoms with Crippen molar-refractivity contribution in [2.75, 3.05) is 13.1 Å². The molecule has 1 aromatic carbocycles. The predicted octanol–water partition coefficient (Wildman–Crippen LogP) is 3.03. The van der Waals surface area contributed by atoms with Gasteiger partial charge in [0, 0.05) is 55.8 Å². The Morgan fingerprint density at radius 1 is 1.08 bits per heavy atom. The topological polar surface area (TPSA) is 51.0 Å². The second-order valence-electron chi connectivity index (χ2n) is 6.81. The van der Waals surface area contributed by atoms with Crippen molar-refractivity contribution in [3.8, 4) is 11.3 Å². The zero-order valence-corrected chi connectivity index (χ0v) is 15.1. The Balaban J connectivity index is 1.61. The van der Waals surface area contributed by atoms with E-state index >= 15 is 0 Å². The van der Waals surface area contributed by atoms with Crippen molar-refractivity contribution in [2.45, 2.75) is 19.8 Å². The van der Waals surface area contributed by atoms with E-state index in [2.05, 4.69) is 17.1 Å². The van der Waals surface area contributed by atoms with Crippen LogP contribution in [0.25, 0.3) is 11.3 Å². The van der Waals surface area contributed by atoms with Crippen LogP contribution in [0.1, 0.15) is 27.2 Å². The van der Waals surface area contributed by atoms with Gasteiger partial charge in [0.15, 0.2) is 0 Å². The number of benzene rings is 1. The molecule has 5 nitrogen and oxygen atoms in total. The Morgan fingerprint density at radius 3 is 2.62 bits per heavy atom. The number of aryl methyl sites for hydroxylation is 2. The van der Waals surface area contributed by atoms with Gasteiger partial charge in [-0.05, 0) is 25.0 Å². The maximum Gasteiger partial charge on any atom is 0.255 e. The summed E-state index contributed by atoms with van der Waals surface area (Å²) in [5.74, 6) is 0.0585. The van der Waals surface area contributed by atoms with Crippen molar-refractivity contribution in [1.82, 2.24) is 19.7 Å². The summed E-state index contributed by atoms with van der Waals surface area (Å²) >= 11 is 0. The van der Waals surface area contributed by atoms with Crippen molar-refractivity contribution in [3.63, 3.8) is 0 Å². The molecular formula is C21H22N4O. The zero-order valence-electron chi connectivity index (χ0n) is 15.1. The monoisotopic (exact) mass is 346 g/mol. The molecule has 132 valence electrons. The van der Waals surface area contributed by atoms with Crippen LogP contribution in [-0.4, -0.2) is 38.7 Å². The van der Waals surface area contributed by atoms with Crippen molar-refractivity contribution in [1.29, 1.82) is 0 Å². The second kappa shape index (κ2) is 6.75. The van der Waals surface area contributed by atoms with Gasteiger partial charge in [0.1, 0.15) is 0 Å². The standard InChI is InChI=1S/C21H22N4O/c1-15-12-17(14-22-13-15)21(26)25-10-8-18-19(9-11-25)24(2)23-20(18)16-6-4-3-5-7-16/h3-7,12-14H,8-11H2,1-2H3. The summed E-state index contributed by atoms with van der Waals surface area (Å²) in [7, 11) is 1.99. The van der Waals surface area contributed by atoms with Gasteiger partial charge in [-0.1, -0.05) is 30.3 Å². The molecule has 5 heteroatoms. The summed E-state index contributed by atoms with van der Waals surface area (Å²) in [5, 5.41) is 4.75. The summed E-state index contributed by atoms with van der Waals surface area (Å²) in [6.07, 6.45) is 5.06. The van der Waals surface area contributed by atoms with Crippen LogP contribution >= 0.6 is 0 Å². The van der Waals surface area contributed by atoms with Crippen LogP contribution in [0.5, 0.6) is 0 Å². The summed E-state index contributed by atoms with van der Waals surface area (Å²) in [4.78, 5) is 19.0. The first-order valence-electron chi connectivity index (χ1n) is 8.94. The summed E-state index contributed by atoms with van der Waals surface area (Å²) in [6.45, 7) is 3.36. The lowest BCUT2D eigenvalue weighted by molar-refractivity contribution is 0.0762. The number of hydrogen-bond donors (Lipinski definition) is 0. The number of pyridine rings is 1. The molecule has 0 atom stereocenters. The molecule has 1 aliphatic heterocycles. The van der Waals surface area contributed by atoms with E-state index in [-0.39, 0.29) is 5.91 Å². The van der Waals surface area contributed by atoms with Gasteiger partial charge in [0.25, 0.3) is 5.91 Å². The van der Waals surface area contributed by atoms with E-state index in [1.165, 1.54) is 11.3 Å². The third kappa shape index (κ3) is 3.01. The molecule has 0 saturated heterocycles. The molecule has 0 bridgehead atoms. The lowest BCUT2D eigenvalue weighted by Gasteiger charge is -2.20. The average Bonchev–Trinajstić information content (AvgIpc) is 2.83. The fourth-order valence-corrected chi connectivity index (χ4v) is 3.66. The van der Waals surface area contributed by atoms with E-state index in [9.17, 15) is 4.79 Å². The molecule has 0 saturated carbocycles. The SMILES string of the molecule is Cc1cncc(C(=O)N2CCc3c(-c4ccccc4)nn(C)c3CC2)c1. The van der Waals surface area contributed by atoms with Gasteiger partial charge < -0.3 is 4.90 Å². The third-order valence-corrected chi connectivity index (χ3v) is 4.98. The Morgan fingerprint density at radius 2 is 1.85 bits per heavy atom. The number of amides is 1. The molecule has 2 aromatic heterocycles. The Labute approximate surface area is 153 Å². The van der Waals surface area contributed by atoms with Crippen LogP contribution in [-0.2, 0) is 19.9 Å². The molecule has 1 aliphatic rings. The summed E-state index contributed by atoms with van der Waals surface area (Å²) < 4.78 is 1.97. The normalized spacial score (nSPS) is 14.0. The summed E-state index contributed by atoms with van der Waals surface area (Å²) in [5.41, 5.74) is 6.32. The molecule has 26 heavy (non-hydrogen) atoms. The molecule has 0 N–H and O–H groups in total. The molecule has 1 amide bonds. The minimum absolute atomic E-state index is 0.0585. The van der Waals surface area contributed by atoms with Gasteiger partial charge >= 0.3 is 0 Å². The largest absolute Gasteiger partial charge is 0.338 e. The fourth-order valence-electron chi connectivity index (χ4n) is 3.66. The molecule has 0 fully saturated rings. The minimum atomic E-state index is 0.0585. The lowest BCUT2D eigenvalue weighted by Crippen LogP contribution is -2.33. The van der Waals surface area contributed by atoms with Crippen molar-refractivity contribution >= 4 is 5.91 Å². The highest BCUT2D eigenvalue weighted by atomic mass is 16.2. The molecule has 0 aliphatic carbocycles. The quantitative estimate of drug-likeness (QED) is 0.717. The Kier molecular flexibility index (Phi) is 4.29. The fraction of sp³-hybridized carbons (Fsp3) is 0.286. The molecule has 0 spiro atoms.